The van der Waals surface area contributed by atoms with Gasteiger partial charge in [-0.25, -0.2) is 4.79 Å². The number of carbonyl (C=O) groups excluding carboxylic acids is 1. The van der Waals surface area contributed by atoms with Gasteiger partial charge in [-0.1, -0.05) is 29.8 Å². The number of urea groups is 1. The number of aryl methyl sites for hydroxylation is 1. The first-order valence-electron chi connectivity index (χ1n) is 9.10. The maximum absolute atomic E-state index is 12.3. The van der Waals surface area contributed by atoms with E-state index in [4.69, 9.17) is 0 Å². The lowest BCUT2D eigenvalue weighted by molar-refractivity contribution is 0.210. The lowest BCUT2D eigenvalue weighted by Crippen LogP contribution is -2.56. The SMILES string of the molecule is Cc1ccc(CN2CCC(NC(=O)NC3(C)CCNCC3)C2)cc1. The van der Waals surface area contributed by atoms with Crippen molar-refractivity contribution in [3.8, 4) is 0 Å². The monoisotopic (exact) mass is 330 g/mol. The second-order valence-corrected chi connectivity index (χ2v) is 7.62. The Hall–Kier alpha value is -1.59. The van der Waals surface area contributed by atoms with Gasteiger partial charge in [0.2, 0.25) is 0 Å². The number of rotatable bonds is 4. The molecule has 2 heterocycles. The van der Waals surface area contributed by atoms with Crippen molar-refractivity contribution >= 4 is 6.03 Å². The van der Waals surface area contributed by atoms with E-state index in [9.17, 15) is 4.79 Å². The molecule has 0 aliphatic carbocycles. The fraction of sp³-hybridized carbons (Fsp3) is 0.632. The van der Waals surface area contributed by atoms with Gasteiger partial charge in [0.1, 0.15) is 0 Å². The molecule has 0 spiro atoms. The van der Waals surface area contributed by atoms with Crippen LogP contribution in [0.5, 0.6) is 0 Å². The van der Waals surface area contributed by atoms with Gasteiger partial charge in [0.15, 0.2) is 0 Å². The minimum Gasteiger partial charge on any atom is -0.334 e. The largest absolute Gasteiger partial charge is 0.334 e. The maximum Gasteiger partial charge on any atom is 0.315 e. The molecule has 0 saturated carbocycles. The van der Waals surface area contributed by atoms with Gasteiger partial charge in [-0.2, -0.15) is 0 Å². The second-order valence-electron chi connectivity index (χ2n) is 7.62. The van der Waals surface area contributed by atoms with Crippen LogP contribution in [0.4, 0.5) is 4.79 Å². The molecule has 2 aliphatic rings. The summed E-state index contributed by atoms with van der Waals surface area (Å²) in [4.78, 5) is 14.7. The van der Waals surface area contributed by atoms with E-state index in [0.29, 0.717) is 0 Å². The summed E-state index contributed by atoms with van der Waals surface area (Å²) in [5, 5.41) is 9.69. The van der Waals surface area contributed by atoms with Crippen LogP contribution in [0.2, 0.25) is 0 Å². The number of carbonyl (C=O) groups is 1. The highest BCUT2D eigenvalue weighted by Gasteiger charge is 2.30. The van der Waals surface area contributed by atoms with Crippen molar-refractivity contribution in [2.75, 3.05) is 26.2 Å². The minimum absolute atomic E-state index is 0.0124. The highest BCUT2D eigenvalue weighted by atomic mass is 16.2. The van der Waals surface area contributed by atoms with Crippen LogP contribution in [0, 0.1) is 6.92 Å². The molecule has 1 aromatic rings. The van der Waals surface area contributed by atoms with Crippen LogP contribution in [0.25, 0.3) is 0 Å². The van der Waals surface area contributed by atoms with Crippen molar-refractivity contribution in [3.63, 3.8) is 0 Å². The van der Waals surface area contributed by atoms with Crippen molar-refractivity contribution in [1.29, 1.82) is 0 Å². The Labute approximate surface area is 145 Å². The molecule has 0 aromatic heterocycles. The van der Waals surface area contributed by atoms with Crippen molar-refractivity contribution in [2.24, 2.45) is 0 Å². The topological polar surface area (TPSA) is 56.4 Å². The third kappa shape index (κ3) is 4.71. The van der Waals surface area contributed by atoms with Crippen molar-refractivity contribution in [2.45, 2.75) is 51.2 Å². The Bertz CT molecular complexity index is 551. The molecule has 2 saturated heterocycles. The molecule has 1 unspecified atom stereocenters. The van der Waals surface area contributed by atoms with E-state index in [1.54, 1.807) is 0 Å². The number of piperidine rings is 1. The van der Waals surface area contributed by atoms with E-state index in [-0.39, 0.29) is 17.6 Å². The molecule has 2 aliphatic heterocycles. The molecule has 24 heavy (non-hydrogen) atoms. The van der Waals surface area contributed by atoms with Crippen LogP contribution < -0.4 is 16.0 Å². The van der Waals surface area contributed by atoms with E-state index in [1.807, 2.05) is 0 Å². The predicted octanol–water partition coefficient (Wildman–Crippen LogP) is 2.01. The molecule has 5 heteroatoms. The number of likely N-dealkylation sites (tertiary alicyclic amines) is 1. The normalized spacial score (nSPS) is 23.8. The van der Waals surface area contributed by atoms with E-state index in [0.717, 1.165) is 52.0 Å². The first-order valence-corrected chi connectivity index (χ1v) is 9.10. The Morgan fingerprint density at radius 3 is 2.71 bits per heavy atom. The van der Waals surface area contributed by atoms with Crippen molar-refractivity contribution in [3.05, 3.63) is 35.4 Å². The highest BCUT2D eigenvalue weighted by molar-refractivity contribution is 5.75. The second kappa shape index (κ2) is 7.53. The molecular formula is C19H30N4O. The Morgan fingerprint density at radius 1 is 1.29 bits per heavy atom. The number of nitrogens with zero attached hydrogens (tertiary/aromatic N) is 1. The average molecular weight is 330 g/mol. The molecule has 5 nitrogen and oxygen atoms in total. The first kappa shape index (κ1) is 17.2. The summed E-state index contributed by atoms with van der Waals surface area (Å²) in [7, 11) is 0. The minimum atomic E-state index is -0.0739. The van der Waals surface area contributed by atoms with Crippen LogP contribution in [-0.4, -0.2) is 48.7 Å². The fourth-order valence-electron chi connectivity index (χ4n) is 3.64. The summed E-state index contributed by atoms with van der Waals surface area (Å²) < 4.78 is 0. The third-order valence-electron chi connectivity index (χ3n) is 5.26. The smallest absolute Gasteiger partial charge is 0.315 e. The van der Waals surface area contributed by atoms with E-state index < -0.39 is 0 Å². The Kier molecular flexibility index (Phi) is 5.41. The summed E-state index contributed by atoms with van der Waals surface area (Å²) in [6.07, 6.45) is 3.01. The van der Waals surface area contributed by atoms with Crippen LogP contribution >= 0.6 is 0 Å². The number of hydrogen-bond acceptors (Lipinski definition) is 3. The molecule has 0 bridgehead atoms. The zero-order chi connectivity index (χ0) is 17.0. The van der Waals surface area contributed by atoms with Crippen LogP contribution in [-0.2, 0) is 6.54 Å². The van der Waals surface area contributed by atoms with Gasteiger partial charge in [-0.3, -0.25) is 4.90 Å². The van der Waals surface area contributed by atoms with Gasteiger partial charge in [-0.05, 0) is 51.8 Å². The predicted molar refractivity (Wildman–Crippen MR) is 97.0 cm³/mol. The molecule has 1 atom stereocenters. The van der Waals surface area contributed by atoms with Crippen LogP contribution in [0.1, 0.15) is 37.3 Å². The number of nitrogens with one attached hydrogen (secondary N) is 3. The molecule has 2 fully saturated rings. The fourth-order valence-corrected chi connectivity index (χ4v) is 3.64. The first-order chi connectivity index (χ1) is 11.5. The van der Waals surface area contributed by atoms with E-state index >= 15 is 0 Å². The summed E-state index contributed by atoms with van der Waals surface area (Å²) in [6.45, 7) is 9.14. The van der Waals surface area contributed by atoms with Crippen molar-refractivity contribution < 1.29 is 4.79 Å². The highest BCUT2D eigenvalue weighted by Crippen LogP contribution is 2.18. The van der Waals surface area contributed by atoms with Gasteiger partial charge in [0.05, 0.1) is 0 Å². The van der Waals surface area contributed by atoms with E-state index in [2.05, 4.69) is 59.0 Å². The summed E-state index contributed by atoms with van der Waals surface area (Å²) >= 11 is 0. The zero-order valence-corrected chi connectivity index (χ0v) is 14.9. The molecule has 132 valence electrons. The number of hydrogen-bond donors (Lipinski definition) is 3. The number of amides is 2. The van der Waals surface area contributed by atoms with Crippen LogP contribution in [0.3, 0.4) is 0 Å². The number of benzene rings is 1. The Morgan fingerprint density at radius 2 is 2.00 bits per heavy atom. The van der Waals surface area contributed by atoms with Gasteiger partial charge in [-0.15, -0.1) is 0 Å². The zero-order valence-electron chi connectivity index (χ0n) is 14.9. The molecule has 0 radical (unpaired) electrons. The lowest BCUT2D eigenvalue weighted by atomic mass is 9.91. The quantitative estimate of drug-likeness (QED) is 0.791. The summed E-state index contributed by atoms with van der Waals surface area (Å²) in [5.41, 5.74) is 2.56. The van der Waals surface area contributed by atoms with Gasteiger partial charge in [0.25, 0.3) is 0 Å². The maximum atomic E-state index is 12.3. The van der Waals surface area contributed by atoms with Gasteiger partial charge >= 0.3 is 6.03 Å². The van der Waals surface area contributed by atoms with Gasteiger partial charge in [0, 0.05) is 31.2 Å². The van der Waals surface area contributed by atoms with Crippen LogP contribution in [0.15, 0.2) is 24.3 Å². The Balaban J connectivity index is 1.43. The molecule has 3 N–H and O–H groups in total. The van der Waals surface area contributed by atoms with E-state index in [1.165, 1.54) is 11.1 Å². The molecular weight excluding hydrogens is 300 g/mol. The molecule has 2 amide bonds. The summed E-state index contributed by atoms with van der Waals surface area (Å²) in [5.74, 6) is 0. The third-order valence-corrected chi connectivity index (χ3v) is 5.26. The van der Waals surface area contributed by atoms with Crippen molar-refractivity contribution in [1.82, 2.24) is 20.9 Å². The molecule has 1 aromatic carbocycles. The van der Waals surface area contributed by atoms with Gasteiger partial charge < -0.3 is 16.0 Å². The average Bonchev–Trinajstić information content (AvgIpc) is 2.96. The molecule has 3 rings (SSSR count). The lowest BCUT2D eigenvalue weighted by Gasteiger charge is -2.35. The summed E-state index contributed by atoms with van der Waals surface area (Å²) in [6, 6.07) is 8.95. The standard InChI is InChI=1S/C19H30N4O/c1-15-3-5-16(6-4-15)13-23-12-7-17(14-23)21-18(24)22-19(2)8-10-20-11-9-19/h3-6,17,20H,7-14H2,1-2H3,(H2,21,22,24).